The summed E-state index contributed by atoms with van der Waals surface area (Å²) in [6.07, 6.45) is 3.94. The van der Waals surface area contributed by atoms with Crippen molar-refractivity contribution in [2.75, 3.05) is 18.4 Å². The van der Waals surface area contributed by atoms with Gasteiger partial charge in [-0.05, 0) is 55.1 Å². The highest BCUT2D eigenvalue weighted by Crippen LogP contribution is 2.28. The minimum atomic E-state index is 0.307. The van der Waals surface area contributed by atoms with Crippen LogP contribution in [0.1, 0.15) is 30.8 Å². The van der Waals surface area contributed by atoms with Gasteiger partial charge in [0.1, 0.15) is 11.6 Å². The Morgan fingerprint density at radius 2 is 1.62 bits per heavy atom. The van der Waals surface area contributed by atoms with E-state index in [2.05, 4.69) is 24.1 Å². The van der Waals surface area contributed by atoms with Gasteiger partial charge in [0.15, 0.2) is 5.82 Å². The molecule has 0 aliphatic carbocycles. The predicted octanol–water partition coefficient (Wildman–Crippen LogP) is 6.09. The maximum absolute atomic E-state index is 10.3. The van der Waals surface area contributed by atoms with Gasteiger partial charge in [-0.3, -0.25) is 4.90 Å². The largest absolute Gasteiger partial charge is 0.508 e. The molecule has 0 fully saturated rings. The summed E-state index contributed by atoms with van der Waals surface area (Å²) in [4.78, 5) is 11.7. The Labute approximate surface area is 189 Å². The first-order valence-electron chi connectivity index (χ1n) is 11.0. The summed E-state index contributed by atoms with van der Waals surface area (Å²) < 4.78 is 0. The van der Waals surface area contributed by atoms with Gasteiger partial charge in [-0.1, -0.05) is 62.4 Å². The van der Waals surface area contributed by atoms with Gasteiger partial charge in [0.25, 0.3) is 0 Å². The number of nitrogens with zero attached hydrogens (tertiary/aromatic N) is 3. The van der Waals surface area contributed by atoms with Crippen molar-refractivity contribution in [1.29, 1.82) is 0 Å². The van der Waals surface area contributed by atoms with Crippen LogP contribution in [-0.2, 0) is 6.54 Å². The van der Waals surface area contributed by atoms with Crippen LogP contribution in [0.5, 0.6) is 5.75 Å². The van der Waals surface area contributed by atoms with Gasteiger partial charge in [0, 0.05) is 23.2 Å². The Kier molecular flexibility index (Phi) is 6.78. The molecule has 1 aromatic heterocycles. The third kappa shape index (κ3) is 5.13. The first kappa shape index (κ1) is 21.5. The number of hydrogen-bond donors (Lipinski definition) is 2. The number of benzene rings is 3. The first-order chi connectivity index (χ1) is 15.7. The van der Waals surface area contributed by atoms with Crippen LogP contribution >= 0.6 is 0 Å². The zero-order valence-electron chi connectivity index (χ0n) is 18.5. The molecule has 0 amide bonds. The van der Waals surface area contributed by atoms with E-state index in [1.54, 1.807) is 6.07 Å². The Morgan fingerprint density at radius 3 is 2.41 bits per heavy atom. The topological polar surface area (TPSA) is 61.3 Å². The second-order valence-electron chi connectivity index (χ2n) is 7.62. The summed E-state index contributed by atoms with van der Waals surface area (Å²) in [5, 5.41) is 14.7. The van der Waals surface area contributed by atoms with Crippen molar-refractivity contribution in [3.8, 4) is 5.75 Å². The monoisotopic (exact) mass is 424 g/mol. The van der Waals surface area contributed by atoms with Crippen molar-refractivity contribution in [2.45, 2.75) is 20.4 Å². The molecule has 4 aromatic rings. The molecule has 0 atom stereocenters. The van der Waals surface area contributed by atoms with Crippen LogP contribution in [0.25, 0.3) is 23.1 Å². The summed E-state index contributed by atoms with van der Waals surface area (Å²) in [6, 6.07) is 23.7. The van der Waals surface area contributed by atoms with Crippen LogP contribution in [0.2, 0.25) is 0 Å². The molecule has 4 rings (SSSR count). The highest BCUT2D eigenvalue weighted by molar-refractivity contribution is 5.91. The second-order valence-corrected chi connectivity index (χ2v) is 7.62. The zero-order chi connectivity index (χ0) is 22.3. The lowest BCUT2D eigenvalue weighted by atomic mass is 10.1. The van der Waals surface area contributed by atoms with Gasteiger partial charge in [-0.25, -0.2) is 9.97 Å². The summed E-state index contributed by atoms with van der Waals surface area (Å²) in [6.45, 7) is 6.81. The summed E-state index contributed by atoms with van der Waals surface area (Å²) >= 11 is 0. The van der Waals surface area contributed by atoms with Crippen molar-refractivity contribution < 1.29 is 5.11 Å². The molecule has 0 saturated carbocycles. The molecule has 0 radical (unpaired) electrons. The molecular formula is C27H28N4O. The number of rotatable bonds is 8. The maximum Gasteiger partial charge on any atom is 0.154 e. The van der Waals surface area contributed by atoms with Gasteiger partial charge in [-0.15, -0.1) is 0 Å². The average molecular weight is 425 g/mol. The molecule has 162 valence electrons. The third-order valence-corrected chi connectivity index (χ3v) is 5.48. The van der Waals surface area contributed by atoms with E-state index in [0.717, 1.165) is 46.6 Å². The fraction of sp³-hybridized carbons (Fsp3) is 0.185. The van der Waals surface area contributed by atoms with E-state index in [4.69, 9.17) is 9.97 Å². The van der Waals surface area contributed by atoms with Crippen LogP contribution in [0.4, 0.5) is 11.5 Å². The molecule has 0 bridgehead atoms. The number of phenols is 1. The molecule has 5 heteroatoms. The number of hydrogen-bond acceptors (Lipinski definition) is 5. The van der Waals surface area contributed by atoms with Crippen molar-refractivity contribution in [3.05, 3.63) is 89.7 Å². The molecule has 0 unspecified atom stereocenters. The smallest absolute Gasteiger partial charge is 0.154 e. The van der Waals surface area contributed by atoms with E-state index in [-0.39, 0.29) is 0 Å². The minimum Gasteiger partial charge on any atom is -0.508 e. The predicted molar refractivity (Wildman–Crippen MR) is 133 cm³/mol. The quantitative estimate of drug-likeness (QED) is 0.335. The molecule has 3 aromatic carbocycles. The second kappa shape index (κ2) is 10.1. The average Bonchev–Trinajstić information content (AvgIpc) is 2.83. The Morgan fingerprint density at radius 1 is 0.875 bits per heavy atom. The number of nitrogens with one attached hydrogen (secondary N) is 1. The van der Waals surface area contributed by atoms with E-state index in [1.165, 1.54) is 0 Å². The molecular weight excluding hydrogens is 396 g/mol. The maximum atomic E-state index is 10.3. The van der Waals surface area contributed by atoms with E-state index in [1.807, 2.05) is 78.9 Å². The molecule has 0 aliphatic rings. The minimum absolute atomic E-state index is 0.307. The summed E-state index contributed by atoms with van der Waals surface area (Å²) in [5.41, 5.74) is 3.74. The lowest BCUT2D eigenvalue weighted by Crippen LogP contribution is -2.22. The molecule has 2 N–H and O–H groups in total. The first-order valence-corrected chi connectivity index (χ1v) is 11.0. The number of para-hydroxylation sites is 1. The standard InChI is InChI=1S/C27H28N4O/c1-3-31(4-2)19-21-18-22(15-16-25(21)32)28-27-23-12-8-9-13-24(23)29-26(30-27)17-14-20-10-6-5-7-11-20/h5-18,32H,3-4,19H2,1-2H3,(H,28,29,30)/b17-14-. The Balaban J connectivity index is 1.67. The van der Waals surface area contributed by atoms with Crippen molar-refractivity contribution in [2.24, 2.45) is 0 Å². The lowest BCUT2D eigenvalue weighted by molar-refractivity contribution is 0.291. The number of aromatic hydroxyl groups is 1. The van der Waals surface area contributed by atoms with Crippen LogP contribution in [0.15, 0.2) is 72.8 Å². The van der Waals surface area contributed by atoms with E-state index < -0.39 is 0 Å². The van der Waals surface area contributed by atoms with E-state index in [9.17, 15) is 5.11 Å². The van der Waals surface area contributed by atoms with Crippen LogP contribution in [0, 0.1) is 0 Å². The molecule has 5 nitrogen and oxygen atoms in total. The van der Waals surface area contributed by atoms with Gasteiger partial charge in [0.05, 0.1) is 5.52 Å². The van der Waals surface area contributed by atoms with Crippen molar-refractivity contribution in [3.63, 3.8) is 0 Å². The third-order valence-electron chi connectivity index (χ3n) is 5.48. The molecule has 0 spiro atoms. The highest BCUT2D eigenvalue weighted by atomic mass is 16.3. The van der Waals surface area contributed by atoms with Crippen LogP contribution in [-0.4, -0.2) is 33.1 Å². The fourth-order valence-corrected chi connectivity index (χ4v) is 3.61. The molecule has 0 saturated heterocycles. The number of aromatic nitrogens is 2. The number of anilines is 2. The van der Waals surface area contributed by atoms with E-state index in [0.29, 0.717) is 18.1 Å². The van der Waals surface area contributed by atoms with Gasteiger partial charge in [-0.2, -0.15) is 0 Å². The number of phenolic OH excluding ortho intramolecular Hbond substituents is 1. The Bertz CT molecular complexity index is 1220. The fourth-order valence-electron chi connectivity index (χ4n) is 3.61. The van der Waals surface area contributed by atoms with E-state index >= 15 is 0 Å². The SMILES string of the molecule is CCN(CC)Cc1cc(Nc2nc(/C=C\c3ccccc3)nc3ccccc23)ccc1O. The van der Waals surface area contributed by atoms with Crippen molar-refractivity contribution >= 4 is 34.6 Å². The van der Waals surface area contributed by atoms with Gasteiger partial charge in [0.2, 0.25) is 0 Å². The molecule has 0 aliphatic heterocycles. The summed E-state index contributed by atoms with van der Waals surface area (Å²) in [7, 11) is 0. The van der Waals surface area contributed by atoms with Gasteiger partial charge >= 0.3 is 0 Å². The molecule has 1 heterocycles. The van der Waals surface area contributed by atoms with Gasteiger partial charge < -0.3 is 10.4 Å². The number of fused-ring (bicyclic) bond motifs is 1. The summed E-state index contributed by atoms with van der Waals surface area (Å²) in [5.74, 6) is 1.68. The van der Waals surface area contributed by atoms with Crippen LogP contribution < -0.4 is 5.32 Å². The Hall–Kier alpha value is -3.70. The lowest BCUT2D eigenvalue weighted by Gasteiger charge is -2.19. The highest BCUT2D eigenvalue weighted by Gasteiger charge is 2.10. The normalized spacial score (nSPS) is 11.5. The zero-order valence-corrected chi connectivity index (χ0v) is 18.5. The van der Waals surface area contributed by atoms with Crippen LogP contribution in [0.3, 0.4) is 0 Å². The molecule has 32 heavy (non-hydrogen) atoms. The van der Waals surface area contributed by atoms with Crippen molar-refractivity contribution in [1.82, 2.24) is 14.9 Å².